The number of β-amino-alcohol motifs (C(OH)–C–C–N with tert-alkyl or cyclic N) is 1. The summed E-state index contributed by atoms with van der Waals surface area (Å²) in [6.45, 7) is 3.37. The maximum absolute atomic E-state index is 12.1. The summed E-state index contributed by atoms with van der Waals surface area (Å²) < 4.78 is 0. The van der Waals surface area contributed by atoms with Gasteiger partial charge in [0.25, 0.3) is 0 Å². The van der Waals surface area contributed by atoms with Crippen LogP contribution in [0.4, 0.5) is 0 Å². The highest BCUT2D eigenvalue weighted by Crippen LogP contribution is 2.33. The van der Waals surface area contributed by atoms with Crippen molar-refractivity contribution in [3.63, 3.8) is 0 Å². The molecule has 2 fully saturated rings. The van der Waals surface area contributed by atoms with Crippen LogP contribution in [0, 0.1) is 11.8 Å². The zero-order valence-corrected chi connectivity index (χ0v) is 10.9. The van der Waals surface area contributed by atoms with Gasteiger partial charge in [0, 0.05) is 19.0 Å². The second-order valence-electron chi connectivity index (χ2n) is 5.76. The van der Waals surface area contributed by atoms with Gasteiger partial charge in [0.2, 0.25) is 5.91 Å². The van der Waals surface area contributed by atoms with Crippen molar-refractivity contribution in [2.24, 2.45) is 11.8 Å². The van der Waals surface area contributed by atoms with Crippen LogP contribution in [0.25, 0.3) is 0 Å². The Morgan fingerprint density at radius 1 is 1.24 bits per heavy atom. The number of aliphatic hydroxyl groups excluding tert-OH is 1. The third-order valence-corrected chi connectivity index (χ3v) is 4.34. The van der Waals surface area contributed by atoms with Crippen LogP contribution in [0.2, 0.25) is 0 Å². The van der Waals surface area contributed by atoms with Gasteiger partial charge in [0.15, 0.2) is 0 Å². The van der Waals surface area contributed by atoms with E-state index in [1.54, 1.807) is 0 Å². The lowest BCUT2D eigenvalue weighted by atomic mass is 9.79. The third kappa shape index (κ3) is 3.21. The molecule has 1 N–H and O–H groups in total. The Balaban J connectivity index is 1.69. The maximum atomic E-state index is 12.1. The normalized spacial score (nSPS) is 30.1. The van der Waals surface area contributed by atoms with Crippen LogP contribution in [0.1, 0.15) is 51.9 Å². The van der Waals surface area contributed by atoms with Crippen LogP contribution in [0.5, 0.6) is 0 Å². The molecule has 98 valence electrons. The molecule has 17 heavy (non-hydrogen) atoms. The molecule has 0 bridgehead atoms. The van der Waals surface area contributed by atoms with Gasteiger partial charge in [-0.3, -0.25) is 4.79 Å². The van der Waals surface area contributed by atoms with E-state index in [4.69, 9.17) is 0 Å². The molecule has 0 atom stereocenters. The number of hydrogen-bond acceptors (Lipinski definition) is 2. The van der Waals surface area contributed by atoms with E-state index < -0.39 is 0 Å². The SMILES string of the molecule is CCCCC1CCC(C(=O)N2CC(O)C2)CC1. The number of nitrogens with zero attached hydrogens (tertiary/aromatic N) is 1. The highest BCUT2D eigenvalue weighted by molar-refractivity contribution is 5.79. The molecule has 1 heterocycles. The van der Waals surface area contributed by atoms with Gasteiger partial charge in [-0.1, -0.05) is 26.2 Å². The fraction of sp³-hybridized carbons (Fsp3) is 0.929. The third-order valence-electron chi connectivity index (χ3n) is 4.34. The van der Waals surface area contributed by atoms with E-state index in [2.05, 4.69) is 6.92 Å². The molecule has 0 unspecified atom stereocenters. The number of amides is 1. The molecule has 1 saturated carbocycles. The molecular formula is C14H25NO2. The van der Waals surface area contributed by atoms with Crippen molar-refractivity contribution >= 4 is 5.91 Å². The Kier molecular flexibility index (Phi) is 4.43. The standard InChI is InChI=1S/C14H25NO2/c1-2-3-4-11-5-7-12(8-6-11)14(17)15-9-13(16)10-15/h11-13,16H,2-10H2,1H3. The van der Waals surface area contributed by atoms with Crippen molar-refractivity contribution in [3.8, 4) is 0 Å². The number of rotatable bonds is 4. The fourth-order valence-electron chi connectivity index (χ4n) is 3.08. The van der Waals surface area contributed by atoms with E-state index in [0.29, 0.717) is 19.0 Å². The average Bonchev–Trinajstić information content (AvgIpc) is 2.32. The second kappa shape index (κ2) is 5.85. The topological polar surface area (TPSA) is 40.5 Å². The smallest absolute Gasteiger partial charge is 0.225 e. The minimum absolute atomic E-state index is 0.250. The Morgan fingerprint density at radius 3 is 2.41 bits per heavy atom. The van der Waals surface area contributed by atoms with E-state index in [1.165, 1.54) is 32.1 Å². The zero-order chi connectivity index (χ0) is 12.3. The highest BCUT2D eigenvalue weighted by Gasteiger charge is 2.34. The molecule has 1 saturated heterocycles. The summed E-state index contributed by atoms with van der Waals surface area (Å²) in [5, 5.41) is 9.21. The second-order valence-corrected chi connectivity index (χ2v) is 5.76. The number of likely N-dealkylation sites (tertiary alicyclic amines) is 1. The summed E-state index contributed by atoms with van der Waals surface area (Å²) in [7, 11) is 0. The van der Waals surface area contributed by atoms with Crippen molar-refractivity contribution in [2.45, 2.75) is 58.0 Å². The number of hydrogen-bond donors (Lipinski definition) is 1. The van der Waals surface area contributed by atoms with Gasteiger partial charge in [-0.2, -0.15) is 0 Å². The summed E-state index contributed by atoms with van der Waals surface area (Å²) in [4.78, 5) is 13.9. The molecule has 3 nitrogen and oxygen atoms in total. The van der Waals surface area contributed by atoms with Crippen LogP contribution in [0.15, 0.2) is 0 Å². The summed E-state index contributed by atoms with van der Waals surface area (Å²) in [6.07, 6.45) is 8.30. The Hall–Kier alpha value is -0.570. The summed E-state index contributed by atoms with van der Waals surface area (Å²) in [6, 6.07) is 0. The van der Waals surface area contributed by atoms with E-state index in [9.17, 15) is 9.90 Å². The summed E-state index contributed by atoms with van der Waals surface area (Å²) in [5.41, 5.74) is 0. The van der Waals surface area contributed by atoms with Gasteiger partial charge >= 0.3 is 0 Å². The molecule has 2 rings (SSSR count). The monoisotopic (exact) mass is 239 g/mol. The first-order valence-corrected chi connectivity index (χ1v) is 7.17. The van der Waals surface area contributed by atoms with Gasteiger partial charge in [0.05, 0.1) is 6.10 Å². The van der Waals surface area contributed by atoms with Crippen LogP contribution >= 0.6 is 0 Å². The van der Waals surface area contributed by atoms with Crippen LogP contribution in [-0.4, -0.2) is 35.1 Å². The van der Waals surface area contributed by atoms with Gasteiger partial charge in [0.1, 0.15) is 0 Å². The molecule has 0 aromatic carbocycles. The molecule has 0 aromatic heterocycles. The minimum Gasteiger partial charge on any atom is -0.389 e. The van der Waals surface area contributed by atoms with E-state index >= 15 is 0 Å². The van der Waals surface area contributed by atoms with Crippen molar-refractivity contribution in [3.05, 3.63) is 0 Å². The van der Waals surface area contributed by atoms with E-state index in [0.717, 1.165) is 18.8 Å². The minimum atomic E-state index is -0.264. The maximum Gasteiger partial charge on any atom is 0.225 e. The lowest BCUT2D eigenvalue weighted by Gasteiger charge is -2.39. The van der Waals surface area contributed by atoms with Gasteiger partial charge in [-0.15, -0.1) is 0 Å². The van der Waals surface area contributed by atoms with E-state index in [1.807, 2.05) is 4.90 Å². The van der Waals surface area contributed by atoms with Crippen LogP contribution in [0.3, 0.4) is 0 Å². The molecule has 1 aliphatic heterocycles. The predicted molar refractivity (Wildman–Crippen MR) is 67.6 cm³/mol. The van der Waals surface area contributed by atoms with Crippen LogP contribution < -0.4 is 0 Å². The molecule has 0 radical (unpaired) electrons. The van der Waals surface area contributed by atoms with Gasteiger partial charge < -0.3 is 10.0 Å². The predicted octanol–water partition coefficient (Wildman–Crippen LogP) is 2.19. The first kappa shape index (κ1) is 12.9. The lowest BCUT2D eigenvalue weighted by molar-refractivity contribution is -0.147. The quantitative estimate of drug-likeness (QED) is 0.817. The average molecular weight is 239 g/mol. The van der Waals surface area contributed by atoms with Gasteiger partial charge in [-0.05, 0) is 31.6 Å². The molecule has 0 spiro atoms. The molecule has 1 amide bonds. The van der Waals surface area contributed by atoms with Crippen LogP contribution in [-0.2, 0) is 4.79 Å². The Labute approximate surface area is 104 Å². The first-order chi connectivity index (χ1) is 8.20. The molecule has 3 heteroatoms. The van der Waals surface area contributed by atoms with Crippen molar-refractivity contribution < 1.29 is 9.90 Å². The largest absolute Gasteiger partial charge is 0.389 e. The number of carbonyl (C=O) groups is 1. The lowest BCUT2D eigenvalue weighted by Crippen LogP contribution is -2.55. The molecule has 0 aromatic rings. The highest BCUT2D eigenvalue weighted by atomic mass is 16.3. The number of carbonyl (C=O) groups excluding carboxylic acids is 1. The van der Waals surface area contributed by atoms with Crippen molar-refractivity contribution in [1.29, 1.82) is 0 Å². The first-order valence-electron chi connectivity index (χ1n) is 7.17. The molecule has 2 aliphatic rings. The molecule has 1 aliphatic carbocycles. The Morgan fingerprint density at radius 2 is 1.88 bits per heavy atom. The fourth-order valence-corrected chi connectivity index (χ4v) is 3.08. The summed E-state index contributed by atoms with van der Waals surface area (Å²) in [5.74, 6) is 1.41. The summed E-state index contributed by atoms with van der Waals surface area (Å²) >= 11 is 0. The van der Waals surface area contributed by atoms with E-state index in [-0.39, 0.29) is 12.0 Å². The van der Waals surface area contributed by atoms with Crippen molar-refractivity contribution in [1.82, 2.24) is 4.90 Å². The van der Waals surface area contributed by atoms with Crippen molar-refractivity contribution in [2.75, 3.05) is 13.1 Å². The Bertz CT molecular complexity index is 253. The molecular weight excluding hydrogens is 214 g/mol. The zero-order valence-electron chi connectivity index (χ0n) is 10.9. The number of unbranched alkanes of at least 4 members (excludes halogenated alkanes) is 1. The van der Waals surface area contributed by atoms with Gasteiger partial charge in [-0.25, -0.2) is 0 Å². The number of aliphatic hydroxyl groups is 1.